The summed E-state index contributed by atoms with van der Waals surface area (Å²) >= 11 is 3.53. The van der Waals surface area contributed by atoms with E-state index in [1.165, 1.54) is 22.4 Å². The Morgan fingerprint density at radius 3 is 2.11 bits per heavy atom. The van der Waals surface area contributed by atoms with Crippen LogP contribution < -0.4 is 5.32 Å². The van der Waals surface area contributed by atoms with Gasteiger partial charge in [-0.3, -0.25) is 0 Å². The first-order valence-corrected chi connectivity index (χ1v) is 7.28. The lowest BCUT2D eigenvalue weighted by atomic mass is 10.1. The number of nitrogens with one attached hydrogen (secondary N) is 1. The fourth-order valence-corrected chi connectivity index (χ4v) is 3.20. The van der Waals surface area contributed by atoms with Crippen molar-refractivity contribution in [2.75, 3.05) is 5.32 Å². The van der Waals surface area contributed by atoms with Crippen molar-refractivity contribution >= 4 is 21.6 Å². The van der Waals surface area contributed by atoms with Crippen molar-refractivity contribution in [1.29, 1.82) is 0 Å². The highest BCUT2D eigenvalue weighted by atomic mass is 79.9. The maximum Gasteiger partial charge on any atom is 0.106 e. The van der Waals surface area contributed by atoms with E-state index in [2.05, 4.69) is 60.2 Å². The molecular weight excluding hydrogens is 302 g/mol. The van der Waals surface area contributed by atoms with Crippen LogP contribution in [0, 0.1) is 27.7 Å². The van der Waals surface area contributed by atoms with Crippen LogP contribution in [0.25, 0.3) is 0 Å². The van der Waals surface area contributed by atoms with Crippen LogP contribution in [-0.4, -0.2) is 0 Å². The summed E-state index contributed by atoms with van der Waals surface area (Å²) < 4.78 is 6.73. The van der Waals surface area contributed by atoms with Crippen molar-refractivity contribution in [3.8, 4) is 0 Å². The Morgan fingerprint density at radius 1 is 1.05 bits per heavy atom. The summed E-state index contributed by atoms with van der Waals surface area (Å²) in [6.45, 7) is 10.4. The third-order valence-corrected chi connectivity index (χ3v) is 3.86. The zero-order valence-corrected chi connectivity index (χ0v) is 13.7. The van der Waals surface area contributed by atoms with Crippen molar-refractivity contribution in [2.45, 2.75) is 40.7 Å². The number of aryl methyl sites for hydroxylation is 4. The summed E-state index contributed by atoms with van der Waals surface area (Å²) in [6, 6.07) is 6.61. The Kier molecular flexibility index (Phi) is 4.04. The van der Waals surface area contributed by atoms with Crippen LogP contribution in [0.4, 0.5) is 5.69 Å². The van der Waals surface area contributed by atoms with E-state index in [0.717, 1.165) is 16.0 Å². The highest BCUT2D eigenvalue weighted by Gasteiger charge is 2.14. The Morgan fingerprint density at radius 2 is 1.63 bits per heavy atom. The Balaban J connectivity index is 2.29. The second-order valence-corrected chi connectivity index (χ2v) is 6.06. The van der Waals surface area contributed by atoms with Crippen molar-refractivity contribution < 1.29 is 4.42 Å². The van der Waals surface area contributed by atoms with Gasteiger partial charge in [-0.15, -0.1) is 0 Å². The lowest BCUT2D eigenvalue weighted by Gasteiger charge is -2.19. The maximum absolute atomic E-state index is 5.61. The first-order valence-electron chi connectivity index (χ1n) is 6.48. The van der Waals surface area contributed by atoms with E-state index in [9.17, 15) is 0 Å². The van der Waals surface area contributed by atoms with E-state index in [4.69, 9.17) is 4.42 Å². The normalized spacial score (nSPS) is 12.5. The predicted octanol–water partition coefficient (Wildman–Crippen LogP) is 5.45. The van der Waals surface area contributed by atoms with Crippen LogP contribution >= 0.6 is 15.9 Å². The second-order valence-electron chi connectivity index (χ2n) is 5.15. The van der Waals surface area contributed by atoms with Crippen LogP contribution in [0.2, 0.25) is 0 Å². The van der Waals surface area contributed by atoms with Gasteiger partial charge >= 0.3 is 0 Å². The molecule has 2 aromatic rings. The van der Waals surface area contributed by atoms with Crippen molar-refractivity contribution in [3.63, 3.8) is 0 Å². The highest BCUT2D eigenvalue weighted by Crippen LogP contribution is 2.30. The van der Waals surface area contributed by atoms with E-state index < -0.39 is 0 Å². The monoisotopic (exact) mass is 321 g/mol. The summed E-state index contributed by atoms with van der Waals surface area (Å²) in [4.78, 5) is 0. The number of halogens is 1. The minimum absolute atomic E-state index is 0.232. The number of hydrogen-bond acceptors (Lipinski definition) is 2. The summed E-state index contributed by atoms with van der Waals surface area (Å²) in [7, 11) is 0. The average molecular weight is 322 g/mol. The zero-order valence-electron chi connectivity index (χ0n) is 12.1. The van der Waals surface area contributed by atoms with E-state index in [-0.39, 0.29) is 6.04 Å². The summed E-state index contributed by atoms with van der Waals surface area (Å²) in [5, 5.41) is 3.60. The van der Waals surface area contributed by atoms with Gasteiger partial charge in [-0.2, -0.15) is 0 Å². The molecule has 0 aliphatic heterocycles. The van der Waals surface area contributed by atoms with E-state index in [1.807, 2.05) is 13.8 Å². The SMILES string of the molecule is Cc1cc(C(C)Nc2c(C)cc(Br)cc2C)c(C)o1. The van der Waals surface area contributed by atoms with Crippen molar-refractivity contribution in [3.05, 3.63) is 50.9 Å². The number of anilines is 1. The minimum atomic E-state index is 0.232. The zero-order chi connectivity index (χ0) is 14.2. The van der Waals surface area contributed by atoms with Gasteiger partial charge < -0.3 is 9.73 Å². The molecule has 0 spiro atoms. The number of benzene rings is 1. The average Bonchev–Trinajstić information content (AvgIpc) is 2.62. The van der Waals surface area contributed by atoms with E-state index in [0.29, 0.717) is 0 Å². The van der Waals surface area contributed by atoms with Crippen LogP contribution in [0.1, 0.15) is 41.2 Å². The Bertz CT molecular complexity index is 578. The Labute approximate surface area is 123 Å². The standard InChI is InChI=1S/C16H20BrNO/c1-9-6-14(17)7-10(2)16(9)18-12(4)15-8-11(3)19-13(15)5/h6-8,12,18H,1-5H3. The lowest BCUT2D eigenvalue weighted by molar-refractivity contribution is 0.500. The van der Waals surface area contributed by atoms with Crippen LogP contribution in [-0.2, 0) is 0 Å². The van der Waals surface area contributed by atoms with Crippen molar-refractivity contribution in [2.24, 2.45) is 0 Å². The van der Waals surface area contributed by atoms with Gasteiger partial charge in [0, 0.05) is 15.7 Å². The molecule has 0 aliphatic carbocycles. The molecule has 0 aliphatic rings. The molecule has 1 heterocycles. The third kappa shape index (κ3) is 3.03. The van der Waals surface area contributed by atoms with E-state index >= 15 is 0 Å². The van der Waals surface area contributed by atoms with Gasteiger partial charge in [-0.1, -0.05) is 15.9 Å². The van der Waals surface area contributed by atoms with Gasteiger partial charge in [-0.05, 0) is 63.9 Å². The number of hydrogen-bond donors (Lipinski definition) is 1. The third-order valence-electron chi connectivity index (χ3n) is 3.40. The van der Waals surface area contributed by atoms with Gasteiger partial charge in [-0.25, -0.2) is 0 Å². The Hall–Kier alpha value is -1.22. The molecule has 0 amide bonds. The smallest absolute Gasteiger partial charge is 0.106 e. The van der Waals surface area contributed by atoms with Gasteiger partial charge in [0.2, 0.25) is 0 Å². The lowest BCUT2D eigenvalue weighted by Crippen LogP contribution is -2.09. The minimum Gasteiger partial charge on any atom is -0.466 e. The van der Waals surface area contributed by atoms with Gasteiger partial charge in [0.05, 0.1) is 6.04 Å². The van der Waals surface area contributed by atoms with Crippen molar-refractivity contribution in [1.82, 2.24) is 0 Å². The highest BCUT2D eigenvalue weighted by molar-refractivity contribution is 9.10. The van der Waals surface area contributed by atoms with Crippen LogP contribution in [0.15, 0.2) is 27.1 Å². The van der Waals surface area contributed by atoms with E-state index in [1.54, 1.807) is 0 Å². The fraction of sp³-hybridized carbons (Fsp3) is 0.375. The molecule has 0 radical (unpaired) electrons. The molecule has 0 saturated heterocycles. The predicted molar refractivity (Wildman–Crippen MR) is 83.8 cm³/mol. The van der Waals surface area contributed by atoms with Gasteiger partial charge in [0.1, 0.15) is 11.5 Å². The molecule has 19 heavy (non-hydrogen) atoms. The molecule has 2 nitrogen and oxygen atoms in total. The molecule has 1 aromatic carbocycles. The molecule has 1 unspecified atom stereocenters. The molecule has 1 atom stereocenters. The molecule has 0 bridgehead atoms. The molecule has 2 rings (SSSR count). The molecule has 0 saturated carbocycles. The summed E-state index contributed by atoms with van der Waals surface area (Å²) in [5.74, 6) is 1.95. The maximum atomic E-state index is 5.61. The second kappa shape index (κ2) is 5.41. The number of rotatable bonds is 3. The molecule has 1 N–H and O–H groups in total. The van der Waals surface area contributed by atoms with Gasteiger partial charge in [0.25, 0.3) is 0 Å². The molecular formula is C16H20BrNO. The van der Waals surface area contributed by atoms with Gasteiger partial charge in [0.15, 0.2) is 0 Å². The quantitative estimate of drug-likeness (QED) is 0.813. The summed E-state index contributed by atoms with van der Waals surface area (Å²) in [5.41, 5.74) is 4.92. The largest absolute Gasteiger partial charge is 0.466 e. The molecule has 0 fully saturated rings. The van der Waals surface area contributed by atoms with Crippen LogP contribution in [0.3, 0.4) is 0 Å². The topological polar surface area (TPSA) is 25.2 Å². The fourth-order valence-electron chi connectivity index (χ4n) is 2.51. The molecule has 3 heteroatoms. The van der Waals surface area contributed by atoms with Crippen LogP contribution in [0.5, 0.6) is 0 Å². The molecule has 102 valence electrons. The first-order chi connectivity index (χ1) is 8.88. The molecule has 1 aromatic heterocycles. The summed E-state index contributed by atoms with van der Waals surface area (Å²) in [6.07, 6.45) is 0. The number of furan rings is 1. The first kappa shape index (κ1) is 14.2.